The summed E-state index contributed by atoms with van der Waals surface area (Å²) < 4.78 is 0. The summed E-state index contributed by atoms with van der Waals surface area (Å²) >= 11 is 0. The van der Waals surface area contributed by atoms with E-state index >= 15 is 0 Å². The molecule has 0 radical (unpaired) electrons. The van der Waals surface area contributed by atoms with Gasteiger partial charge in [-0.05, 0) is 0 Å². The van der Waals surface area contributed by atoms with Gasteiger partial charge in [-0.3, -0.25) is 0 Å². The molecule has 28 valence electrons. The lowest BCUT2D eigenvalue weighted by atomic mass is 10.1. The van der Waals surface area contributed by atoms with Crippen LogP contribution in [0.4, 0.5) is 0 Å². The highest BCUT2D eigenvalue weighted by Gasteiger charge is 1.67. The van der Waals surface area contributed by atoms with E-state index in [1.54, 1.807) is 0 Å². The second-order valence-electron chi connectivity index (χ2n) is 0.770. The highest BCUT2D eigenvalue weighted by molar-refractivity contribution is 6.19. The maximum absolute atomic E-state index is 7.97. The summed E-state index contributed by atoms with van der Waals surface area (Å²) in [5.74, 6) is 0. The molecule has 2 nitrogen and oxygen atoms in total. The molecule has 0 rings (SSSR count). The lowest BCUT2D eigenvalue weighted by molar-refractivity contribution is 0.392. The van der Waals surface area contributed by atoms with Crippen LogP contribution in [0.15, 0.2) is 11.9 Å². The Kier molecular flexibility index (Phi) is 1.50. The molecule has 3 heteroatoms. The largest absolute Gasteiger partial charge is 0.520 e. The van der Waals surface area contributed by atoms with E-state index < -0.39 is 0 Å². The molecule has 0 heterocycles. The van der Waals surface area contributed by atoms with Crippen LogP contribution < -0.4 is 0 Å². The van der Waals surface area contributed by atoms with Crippen LogP contribution in [-0.2, 0) is 0 Å². The summed E-state index contributed by atoms with van der Waals surface area (Å²) in [6, 6.07) is 0. The molecule has 0 bridgehead atoms. The van der Waals surface area contributed by atoms with Crippen molar-refractivity contribution in [2.45, 2.75) is 0 Å². The van der Waals surface area contributed by atoms with Gasteiger partial charge in [0.2, 0.25) is 0 Å². The van der Waals surface area contributed by atoms with Crippen molar-refractivity contribution < 1.29 is 10.2 Å². The Morgan fingerprint density at radius 3 is 2.00 bits per heavy atom. The molecule has 0 aromatic heterocycles. The number of aliphatic hydroxyl groups is 2. The predicted molar refractivity (Wildman–Crippen MR) is 21.9 cm³/mol. The fourth-order valence-electron chi connectivity index (χ4n) is 0. The zero-order chi connectivity index (χ0) is 4.28. The quantitative estimate of drug-likeness (QED) is 0.300. The van der Waals surface area contributed by atoms with Crippen LogP contribution in [0.1, 0.15) is 0 Å². The van der Waals surface area contributed by atoms with Crippen LogP contribution in [0.2, 0.25) is 0 Å². The van der Waals surface area contributed by atoms with E-state index in [1.165, 1.54) is 7.85 Å². The first-order chi connectivity index (χ1) is 2.27. The lowest BCUT2D eigenvalue weighted by Crippen LogP contribution is -1.72. The van der Waals surface area contributed by atoms with Crippen LogP contribution in [0, 0.1) is 0 Å². The summed E-state index contributed by atoms with van der Waals surface area (Å²) in [7, 11) is 1.39. The summed E-state index contributed by atoms with van der Waals surface area (Å²) in [6.45, 7) is 0. The molecule has 0 aliphatic rings. The standard InChI is InChI=1S/C2H5BO2/c3-2(5)1-4/h1,4-5H,3H2. The Morgan fingerprint density at radius 2 is 2.00 bits per heavy atom. The van der Waals surface area contributed by atoms with Crippen LogP contribution in [0.25, 0.3) is 0 Å². The molecule has 0 spiro atoms. The average molecular weight is 71.9 g/mol. The Balaban J connectivity index is 3.14. The van der Waals surface area contributed by atoms with Crippen molar-refractivity contribution >= 4 is 7.85 Å². The summed E-state index contributed by atoms with van der Waals surface area (Å²) in [5, 5.41) is 15.7. The Labute approximate surface area is 31.2 Å². The molecular weight excluding hydrogens is 66.8 g/mol. The fraction of sp³-hybridized carbons (Fsp3) is 0. The van der Waals surface area contributed by atoms with Gasteiger partial charge in [-0.1, -0.05) is 0 Å². The minimum atomic E-state index is -0.0648. The minimum absolute atomic E-state index is 0.0648. The van der Waals surface area contributed by atoms with Crippen molar-refractivity contribution in [1.29, 1.82) is 0 Å². The first kappa shape index (κ1) is 4.40. The van der Waals surface area contributed by atoms with E-state index in [2.05, 4.69) is 0 Å². The van der Waals surface area contributed by atoms with Gasteiger partial charge in [0.1, 0.15) is 6.26 Å². The number of rotatable bonds is 0. The maximum Gasteiger partial charge on any atom is 0.189 e. The van der Waals surface area contributed by atoms with E-state index in [4.69, 9.17) is 10.2 Å². The third kappa shape index (κ3) is 3.40. The first-order valence-corrected chi connectivity index (χ1v) is 1.27. The highest BCUT2D eigenvalue weighted by atomic mass is 16.3. The van der Waals surface area contributed by atoms with Gasteiger partial charge in [-0.15, -0.1) is 0 Å². The molecule has 0 saturated heterocycles. The van der Waals surface area contributed by atoms with Crippen LogP contribution >= 0.6 is 0 Å². The van der Waals surface area contributed by atoms with Crippen molar-refractivity contribution in [1.82, 2.24) is 0 Å². The number of hydrogen-bond donors (Lipinski definition) is 2. The third-order valence-electron chi connectivity index (χ3n) is 0.187. The van der Waals surface area contributed by atoms with Gasteiger partial charge in [0.05, 0.1) is 5.66 Å². The van der Waals surface area contributed by atoms with Crippen molar-refractivity contribution in [3.05, 3.63) is 11.9 Å². The molecule has 2 N–H and O–H groups in total. The van der Waals surface area contributed by atoms with Gasteiger partial charge in [0.25, 0.3) is 0 Å². The Hall–Kier alpha value is -0.595. The molecule has 0 saturated carbocycles. The molecule has 0 aromatic carbocycles. The third-order valence-corrected chi connectivity index (χ3v) is 0.187. The normalized spacial score (nSPS) is 11.6. The molecule has 5 heavy (non-hydrogen) atoms. The van der Waals surface area contributed by atoms with Gasteiger partial charge < -0.3 is 10.2 Å². The fourth-order valence-corrected chi connectivity index (χ4v) is 0. The van der Waals surface area contributed by atoms with Crippen LogP contribution in [-0.4, -0.2) is 18.1 Å². The summed E-state index contributed by atoms with van der Waals surface area (Å²) in [6.07, 6.45) is 0.639. The van der Waals surface area contributed by atoms with E-state index in [0.717, 1.165) is 0 Å². The minimum Gasteiger partial charge on any atom is -0.520 e. The van der Waals surface area contributed by atoms with Gasteiger partial charge >= 0.3 is 0 Å². The number of aliphatic hydroxyl groups excluding tert-OH is 2. The smallest absolute Gasteiger partial charge is 0.189 e. The molecule has 0 aliphatic carbocycles. The molecule has 0 fully saturated rings. The highest BCUT2D eigenvalue weighted by Crippen LogP contribution is 1.66. The van der Waals surface area contributed by atoms with Crippen molar-refractivity contribution in [3.63, 3.8) is 0 Å². The van der Waals surface area contributed by atoms with Crippen molar-refractivity contribution in [3.8, 4) is 0 Å². The van der Waals surface area contributed by atoms with Gasteiger partial charge in [0, 0.05) is 0 Å². The SMILES string of the molecule is BC(O)=CO. The van der Waals surface area contributed by atoms with Gasteiger partial charge in [-0.2, -0.15) is 0 Å². The van der Waals surface area contributed by atoms with Crippen molar-refractivity contribution in [2.75, 3.05) is 0 Å². The van der Waals surface area contributed by atoms with E-state index in [-0.39, 0.29) is 5.66 Å². The molecule has 0 unspecified atom stereocenters. The number of hydrogen-bond acceptors (Lipinski definition) is 2. The predicted octanol–water partition coefficient (Wildman–Crippen LogP) is -0.466. The van der Waals surface area contributed by atoms with Gasteiger partial charge in [0.15, 0.2) is 7.85 Å². The van der Waals surface area contributed by atoms with E-state index in [1.807, 2.05) is 0 Å². The summed E-state index contributed by atoms with van der Waals surface area (Å²) in [5.41, 5.74) is -0.0648. The Bertz CT molecular complexity index is 45.6. The maximum atomic E-state index is 7.97. The summed E-state index contributed by atoms with van der Waals surface area (Å²) in [4.78, 5) is 0. The molecule has 0 aliphatic heterocycles. The molecule has 0 aromatic rings. The van der Waals surface area contributed by atoms with E-state index in [9.17, 15) is 0 Å². The first-order valence-electron chi connectivity index (χ1n) is 1.27. The van der Waals surface area contributed by atoms with Crippen LogP contribution in [0.5, 0.6) is 0 Å². The zero-order valence-corrected chi connectivity index (χ0v) is 2.97. The van der Waals surface area contributed by atoms with Gasteiger partial charge in [-0.25, -0.2) is 0 Å². The zero-order valence-electron chi connectivity index (χ0n) is 2.97. The Morgan fingerprint density at radius 1 is 1.80 bits per heavy atom. The molecular formula is C2H5BO2. The topological polar surface area (TPSA) is 40.5 Å². The van der Waals surface area contributed by atoms with Crippen LogP contribution in [0.3, 0.4) is 0 Å². The average Bonchev–Trinajstić information content (AvgIpc) is 1.38. The lowest BCUT2D eigenvalue weighted by Gasteiger charge is -1.74. The van der Waals surface area contributed by atoms with E-state index in [0.29, 0.717) is 6.26 Å². The molecule has 0 atom stereocenters. The monoisotopic (exact) mass is 72.0 g/mol. The second-order valence-corrected chi connectivity index (χ2v) is 0.770. The molecule has 0 amide bonds. The van der Waals surface area contributed by atoms with Crippen molar-refractivity contribution in [2.24, 2.45) is 0 Å². The second kappa shape index (κ2) is 1.70.